The Morgan fingerprint density at radius 2 is 2.20 bits per heavy atom. The number of ether oxygens (including phenoxy) is 1. The first-order chi connectivity index (χ1) is 7.00. The smallest absolute Gasteiger partial charge is 0.405 e. The van der Waals surface area contributed by atoms with E-state index in [4.69, 9.17) is 11.5 Å². The monoisotopic (exact) mass is 215 g/mol. The first-order valence-corrected chi connectivity index (χ1v) is 4.54. The summed E-state index contributed by atoms with van der Waals surface area (Å²) in [6.45, 7) is 0.561. The van der Waals surface area contributed by atoms with Gasteiger partial charge in [0.05, 0.1) is 0 Å². The highest BCUT2D eigenvalue weighted by Crippen LogP contribution is 2.17. The molecule has 1 saturated heterocycles. The molecule has 2 atom stereocenters. The fourth-order valence-electron chi connectivity index (χ4n) is 1.49. The lowest BCUT2D eigenvalue weighted by atomic mass is 10.00. The maximum Gasteiger partial charge on any atom is 0.405 e. The molecule has 0 saturated carbocycles. The lowest BCUT2D eigenvalue weighted by molar-refractivity contribution is -0.128. The molecule has 0 bridgehead atoms. The lowest BCUT2D eigenvalue weighted by Gasteiger charge is -2.15. The van der Waals surface area contributed by atoms with Crippen LogP contribution in [-0.4, -0.2) is 30.6 Å². The SMILES string of the molecule is NC(=O)OC(C[C@@H]1CCNC1=O)C(N)=O. The molecule has 0 spiro atoms. The number of nitrogens with one attached hydrogen (secondary N) is 1. The van der Waals surface area contributed by atoms with Crippen LogP contribution < -0.4 is 16.8 Å². The van der Waals surface area contributed by atoms with E-state index in [9.17, 15) is 14.4 Å². The Balaban J connectivity index is 2.54. The van der Waals surface area contributed by atoms with Gasteiger partial charge in [-0.25, -0.2) is 4.79 Å². The van der Waals surface area contributed by atoms with Gasteiger partial charge in [0, 0.05) is 18.9 Å². The molecule has 84 valence electrons. The van der Waals surface area contributed by atoms with E-state index in [-0.39, 0.29) is 18.2 Å². The van der Waals surface area contributed by atoms with Gasteiger partial charge >= 0.3 is 6.09 Å². The van der Waals surface area contributed by atoms with Crippen molar-refractivity contribution >= 4 is 17.9 Å². The summed E-state index contributed by atoms with van der Waals surface area (Å²) in [4.78, 5) is 32.5. The first-order valence-electron chi connectivity index (χ1n) is 4.54. The van der Waals surface area contributed by atoms with Crippen LogP contribution in [0.1, 0.15) is 12.8 Å². The van der Waals surface area contributed by atoms with Crippen molar-refractivity contribution in [1.82, 2.24) is 5.32 Å². The van der Waals surface area contributed by atoms with E-state index in [2.05, 4.69) is 10.1 Å². The molecule has 1 fully saturated rings. The Kier molecular flexibility index (Phi) is 3.48. The average Bonchev–Trinajstić information content (AvgIpc) is 2.50. The van der Waals surface area contributed by atoms with Crippen LogP contribution in [0.4, 0.5) is 4.79 Å². The van der Waals surface area contributed by atoms with Gasteiger partial charge in [-0.2, -0.15) is 0 Å². The molecule has 3 amide bonds. The van der Waals surface area contributed by atoms with Crippen LogP contribution in [0.2, 0.25) is 0 Å². The van der Waals surface area contributed by atoms with Crippen LogP contribution in [0.3, 0.4) is 0 Å². The van der Waals surface area contributed by atoms with Crippen LogP contribution in [0.25, 0.3) is 0 Å². The quantitative estimate of drug-likeness (QED) is 0.525. The minimum atomic E-state index is -1.13. The second-order valence-electron chi connectivity index (χ2n) is 3.34. The summed E-state index contributed by atoms with van der Waals surface area (Å²) in [5.74, 6) is -1.30. The molecule has 1 unspecified atom stereocenters. The van der Waals surface area contributed by atoms with Gasteiger partial charge in [0.2, 0.25) is 5.91 Å². The summed E-state index contributed by atoms with van der Waals surface area (Å²) in [6, 6.07) is 0. The molecule has 1 aliphatic heterocycles. The summed E-state index contributed by atoms with van der Waals surface area (Å²) in [6.07, 6.45) is -1.51. The van der Waals surface area contributed by atoms with E-state index in [1.165, 1.54) is 0 Å². The van der Waals surface area contributed by atoms with Crippen molar-refractivity contribution in [2.24, 2.45) is 17.4 Å². The van der Waals surface area contributed by atoms with Crippen molar-refractivity contribution in [3.05, 3.63) is 0 Å². The van der Waals surface area contributed by atoms with E-state index in [1.54, 1.807) is 0 Å². The molecule has 5 N–H and O–H groups in total. The third-order valence-electron chi connectivity index (χ3n) is 2.24. The van der Waals surface area contributed by atoms with Crippen molar-refractivity contribution in [2.75, 3.05) is 6.54 Å². The fraction of sp³-hybridized carbons (Fsp3) is 0.625. The van der Waals surface area contributed by atoms with Crippen molar-refractivity contribution in [3.63, 3.8) is 0 Å². The lowest BCUT2D eigenvalue weighted by Crippen LogP contribution is -2.37. The number of carbonyl (C=O) groups excluding carboxylic acids is 3. The Hall–Kier alpha value is -1.79. The number of rotatable bonds is 4. The molecular formula is C8H13N3O4. The normalized spacial score (nSPS) is 21.9. The van der Waals surface area contributed by atoms with E-state index < -0.39 is 18.1 Å². The van der Waals surface area contributed by atoms with Gasteiger partial charge in [-0.1, -0.05) is 0 Å². The molecule has 1 rings (SSSR count). The molecule has 0 aromatic heterocycles. The Morgan fingerprint density at radius 3 is 2.60 bits per heavy atom. The number of hydrogen-bond acceptors (Lipinski definition) is 4. The molecule has 7 heteroatoms. The number of carbonyl (C=O) groups is 3. The van der Waals surface area contributed by atoms with Crippen LogP contribution in [0.5, 0.6) is 0 Å². The van der Waals surface area contributed by atoms with Crippen molar-refractivity contribution in [1.29, 1.82) is 0 Å². The van der Waals surface area contributed by atoms with Gasteiger partial charge in [-0.05, 0) is 6.42 Å². The summed E-state index contributed by atoms with van der Waals surface area (Å²) in [7, 11) is 0. The first kappa shape index (κ1) is 11.3. The summed E-state index contributed by atoms with van der Waals surface area (Å²) < 4.78 is 4.51. The molecule has 7 nitrogen and oxygen atoms in total. The number of hydrogen-bond donors (Lipinski definition) is 3. The van der Waals surface area contributed by atoms with Crippen molar-refractivity contribution < 1.29 is 19.1 Å². The van der Waals surface area contributed by atoms with Crippen molar-refractivity contribution in [3.8, 4) is 0 Å². The van der Waals surface area contributed by atoms with Gasteiger partial charge in [0.25, 0.3) is 5.91 Å². The highest BCUT2D eigenvalue weighted by atomic mass is 16.6. The van der Waals surface area contributed by atoms with Gasteiger partial charge in [-0.15, -0.1) is 0 Å². The van der Waals surface area contributed by atoms with E-state index in [0.29, 0.717) is 13.0 Å². The van der Waals surface area contributed by atoms with Crippen molar-refractivity contribution in [2.45, 2.75) is 18.9 Å². The summed E-state index contributed by atoms with van der Waals surface area (Å²) in [5, 5.41) is 2.60. The van der Waals surface area contributed by atoms with Crippen LogP contribution in [0, 0.1) is 5.92 Å². The maximum absolute atomic E-state index is 11.2. The van der Waals surface area contributed by atoms with Gasteiger partial charge in [0.1, 0.15) is 0 Å². The second-order valence-corrected chi connectivity index (χ2v) is 3.34. The Morgan fingerprint density at radius 1 is 1.53 bits per heavy atom. The van der Waals surface area contributed by atoms with Gasteiger partial charge < -0.3 is 21.5 Å². The second kappa shape index (κ2) is 4.63. The Bertz CT molecular complexity index is 292. The van der Waals surface area contributed by atoms with Gasteiger partial charge in [-0.3, -0.25) is 9.59 Å². The van der Waals surface area contributed by atoms with E-state index in [1.807, 2.05) is 0 Å². The maximum atomic E-state index is 11.2. The molecular weight excluding hydrogens is 202 g/mol. The zero-order valence-corrected chi connectivity index (χ0v) is 8.06. The highest BCUT2D eigenvalue weighted by molar-refractivity contribution is 5.84. The minimum absolute atomic E-state index is 0.0874. The third-order valence-corrected chi connectivity index (χ3v) is 2.24. The van der Waals surface area contributed by atoms with Crippen LogP contribution in [0.15, 0.2) is 0 Å². The predicted octanol–water partition coefficient (Wildman–Crippen LogP) is -1.54. The largest absolute Gasteiger partial charge is 0.436 e. The summed E-state index contributed by atoms with van der Waals surface area (Å²) in [5.41, 5.74) is 9.78. The number of nitrogens with two attached hydrogens (primary N) is 2. The zero-order chi connectivity index (χ0) is 11.4. The summed E-state index contributed by atoms with van der Waals surface area (Å²) >= 11 is 0. The molecule has 0 aromatic carbocycles. The Labute approximate surface area is 86.1 Å². The fourth-order valence-corrected chi connectivity index (χ4v) is 1.49. The predicted molar refractivity (Wildman–Crippen MR) is 49.4 cm³/mol. The van der Waals surface area contributed by atoms with Crippen LogP contribution in [-0.2, 0) is 14.3 Å². The molecule has 0 aromatic rings. The highest BCUT2D eigenvalue weighted by Gasteiger charge is 2.31. The number of amides is 3. The third kappa shape index (κ3) is 3.12. The number of primary amides is 2. The molecule has 0 aliphatic carbocycles. The molecule has 0 radical (unpaired) electrons. The van der Waals surface area contributed by atoms with Crippen LogP contribution >= 0.6 is 0 Å². The molecule has 15 heavy (non-hydrogen) atoms. The average molecular weight is 215 g/mol. The molecule has 1 heterocycles. The standard InChI is InChI=1S/C8H13N3O4/c9-6(12)5(15-8(10)14)3-4-1-2-11-7(4)13/h4-5H,1-3H2,(H2,9,12)(H2,10,14)(H,11,13)/t4-,5?/m0/s1. The molecule has 1 aliphatic rings. The minimum Gasteiger partial charge on any atom is -0.436 e. The van der Waals surface area contributed by atoms with E-state index >= 15 is 0 Å². The van der Waals surface area contributed by atoms with E-state index in [0.717, 1.165) is 0 Å². The zero-order valence-electron chi connectivity index (χ0n) is 8.06. The van der Waals surface area contributed by atoms with Gasteiger partial charge in [0.15, 0.2) is 6.10 Å². The topological polar surface area (TPSA) is 125 Å².